The number of H-pyrrole nitrogens is 1. The Morgan fingerprint density at radius 1 is 1.60 bits per heavy atom. The van der Waals surface area contributed by atoms with Crippen LogP contribution in [0.15, 0.2) is 12.3 Å². The molecule has 0 aromatic carbocycles. The number of aromatic amines is 1. The van der Waals surface area contributed by atoms with Crippen LogP contribution in [0.5, 0.6) is 0 Å². The first kappa shape index (κ1) is 17.0. The number of methoxy groups -OCH3 is 1. The lowest BCUT2D eigenvalue weighted by atomic mass is 9.79. The van der Waals surface area contributed by atoms with E-state index >= 15 is 0 Å². The van der Waals surface area contributed by atoms with E-state index in [1.54, 1.807) is 0 Å². The number of rotatable bonds is 3. The van der Waals surface area contributed by atoms with Crippen molar-refractivity contribution in [2.45, 2.75) is 32.9 Å². The van der Waals surface area contributed by atoms with E-state index in [9.17, 15) is 4.79 Å². The molecule has 0 amide bonds. The minimum absolute atomic E-state index is 0. The van der Waals surface area contributed by atoms with Gasteiger partial charge in [-0.2, -0.15) is 0 Å². The van der Waals surface area contributed by atoms with Crippen LogP contribution in [0.3, 0.4) is 0 Å². The fourth-order valence-electron chi connectivity index (χ4n) is 2.64. The number of halogens is 1. The lowest BCUT2D eigenvalue weighted by Crippen LogP contribution is -2.51. The molecule has 3 N–H and O–H groups in total. The third-order valence-corrected chi connectivity index (χ3v) is 3.95. The van der Waals surface area contributed by atoms with Gasteiger partial charge in [0.15, 0.2) is 0 Å². The summed E-state index contributed by atoms with van der Waals surface area (Å²) in [6, 6.07) is 2.12. The predicted octanol–water partition coefficient (Wildman–Crippen LogP) is 1.78. The molecule has 0 spiro atoms. The Morgan fingerprint density at radius 3 is 2.90 bits per heavy atom. The number of carbonyl (C=O) groups is 1. The van der Waals surface area contributed by atoms with Gasteiger partial charge >= 0.3 is 5.97 Å². The number of piperidine rings is 1. The number of likely N-dealkylation sites (tertiary alicyclic amines) is 1. The number of carbonyl (C=O) groups excluding carboxylic acids is 1. The Kier molecular flexibility index (Phi) is 5.62. The highest BCUT2D eigenvalue weighted by molar-refractivity contribution is 5.87. The lowest BCUT2D eigenvalue weighted by molar-refractivity contribution is 0.0594. The molecular weight excluding hydrogens is 278 g/mol. The molecule has 0 radical (unpaired) electrons. The third kappa shape index (κ3) is 3.75. The van der Waals surface area contributed by atoms with Crippen LogP contribution >= 0.6 is 12.4 Å². The molecule has 1 atom stereocenters. The molecule has 114 valence electrons. The monoisotopic (exact) mass is 301 g/mol. The van der Waals surface area contributed by atoms with Crippen molar-refractivity contribution in [3.8, 4) is 0 Å². The number of hydrogen-bond acceptors (Lipinski definition) is 4. The van der Waals surface area contributed by atoms with Crippen molar-refractivity contribution < 1.29 is 9.53 Å². The first-order chi connectivity index (χ1) is 8.92. The molecule has 20 heavy (non-hydrogen) atoms. The molecule has 1 aliphatic heterocycles. The first-order valence-electron chi connectivity index (χ1n) is 6.66. The number of nitrogens with one attached hydrogen (secondary N) is 1. The van der Waals surface area contributed by atoms with Crippen molar-refractivity contribution in [1.29, 1.82) is 0 Å². The number of aromatic nitrogens is 1. The third-order valence-electron chi connectivity index (χ3n) is 3.95. The zero-order chi connectivity index (χ0) is 14.0. The van der Waals surface area contributed by atoms with E-state index in [4.69, 9.17) is 5.73 Å². The van der Waals surface area contributed by atoms with E-state index in [1.165, 1.54) is 7.11 Å². The highest BCUT2D eigenvalue weighted by Gasteiger charge is 2.33. The summed E-state index contributed by atoms with van der Waals surface area (Å²) in [5.41, 5.74) is 7.88. The van der Waals surface area contributed by atoms with E-state index in [2.05, 4.69) is 28.5 Å². The molecule has 1 saturated heterocycles. The van der Waals surface area contributed by atoms with Crippen molar-refractivity contribution in [3.05, 3.63) is 23.5 Å². The fourth-order valence-corrected chi connectivity index (χ4v) is 2.64. The Bertz CT molecular complexity index is 459. The lowest BCUT2D eigenvalue weighted by Gasteiger charge is -2.42. The Labute approximate surface area is 126 Å². The molecule has 6 heteroatoms. The molecule has 1 aliphatic rings. The van der Waals surface area contributed by atoms with Crippen molar-refractivity contribution in [3.63, 3.8) is 0 Å². The van der Waals surface area contributed by atoms with Gasteiger partial charge in [-0.25, -0.2) is 4.79 Å². The molecule has 2 rings (SSSR count). The Balaban J connectivity index is 0.00000200. The van der Waals surface area contributed by atoms with Crippen LogP contribution in [0.2, 0.25) is 0 Å². The van der Waals surface area contributed by atoms with Gasteiger partial charge < -0.3 is 15.5 Å². The van der Waals surface area contributed by atoms with Crippen LogP contribution in [-0.2, 0) is 11.3 Å². The van der Waals surface area contributed by atoms with E-state index < -0.39 is 0 Å². The number of hydrogen-bond donors (Lipinski definition) is 2. The van der Waals surface area contributed by atoms with Crippen molar-refractivity contribution >= 4 is 18.4 Å². The van der Waals surface area contributed by atoms with Crippen LogP contribution in [0.1, 0.15) is 36.3 Å². The highest BCUT2D eigenvalue weighted by atomic mass is 35.5. The molecule has 0 aliphatic carbocycles. The van der Waals surface area contributed by atoms with Gasteiger partial charge in [-0.05, 0) is 23.5 Å². The summed E-state index contributed by atoms with van der Waals surface area (Å²) in [7, 11) is 1.39. The SMILES string of the molecule is COC(=O)c1cc(CN2CCC(N)C(C)(C)C2)c[nH]1.Cl. The van der Waals surface area contributed by atoms with Gasteiger partial charge in [0.2, 0.25) is 0 Å². The summed E-state index contributed by atoms with van der Waals surface area (Å²) >= 11 is 0. The fraction of sp³-hybridized carbons (Fsp3) is 0.643. The zero-order valence-corrected chi connectivity index (χ0v) is 13.1. The maximum absolute atomic E-state index is 11.4. The maximum Gasteiger partial charge on any atom is 0.354 e. The van der Waals surface area contributed by atoms with Gasteiger partial charge in [-0.1, -0.05) is 13.8 Å². The van der Waals surface area contributed by atoms with Crippen LogP contribution in [0.4, 0.5) is 0 Å². The van der Waals surface area contributed by atoms with E-state index in [-0.39, 0.29) is 29.8 Å². The second-order valence-electron chi connectivity index (χ2n) is 6.01. The Morgan fingerprint density at radius 2 is 2.30 bits per heavy atom. The minimum Gasteiger partial charge on any atom is -0.464 e. The molecule has 1 aromatic rings. The van der Waals surface area contributed by atoms with Gasteiger partial charge in [0.25, 0.3) is 0 Å². The normalized spacial score (nSPS) is 22.1. The smallest absolute Gasteiger partial charge is 0.354 e. The standard InChI is InChI=1S/C14H23N3O2.ClH/c1-14(2)9-17(5-4-12(14)15)8-10-6-11(16-7-10)13(18)19-3;/h6-7,12,16H,4-5,8-9,15H2,1-3H3;1H. The zero-order valence-electron chi connectivity index (χ0n) is 12.3. The summed E-state index contributed by atoms with van der Waals surface area (Å²) < 4.78 is 4.69. The number of esters is 1. The Hall–Kier alpha value is -1.04. The van der Waals surface area contributed by atoms with Crippen LogP contribution in [0, 0.1) is 5.41 Å². The quantitative estimate of drug-likeness (QED) is 0.835. The second kappa shape index (κ2) is 6.61. The molecule has 5 nitrogen and oxygen atoms in total. The van der Waals surface area contributed by atoms with Crippen LogP contribution < -0.4 is 5.73 Å². The summed E-state index contributed by atoms with van der Waals surface area (Å²) in [5, 5.41) is 0. The topological polar surface area (TPSA) is 71.3 Å². The van der Waals surface area contributed by atoms with Gasteiger partial charge in [0.05, 0.1) is 7.11 Å². The summed E-state index contributed by atoms with van der Waals surface area (Å²) in [4.78, 5) is 16.7. The molecule has 1 unspecified atom stereocenters. The minimum atomic E-state index is -0.327. The molecule has 0 bridgehead atoms. The highest BCUT2D eigenvalue weighted by Crippen LogP contribution is 2.28. The second-order valence-corrected chi connectivity index (χ2v) is 6.01. The van der Waals surface area contributed by atoms with Crippen molar-refractivity contribution in [2.24, 2.45) is 11.1 Å². The van der Waals surface area contributed by atoms with Gasteiger partial charge in [0.1, 0.15) is 5.69 Å². The first-order valence-corrected chi connectivity index (χ1v) is 6.66. The molecule has 1 fully saturated rings. The molecule has 1 aromatic heterocycles. The van der Waals surface area contributed by atoms with E-state index in [0.717, 1.165) is 31.6 Å². The number of nitrogens with two attached hydrogens (primary N) is 1. The van der Waals surface area contributed by atoms with Crippen molar-refractivity contribution in [1.82, 2.24) is 9.88 Å². The van der Waals surface area contributed by atoms with Gasteiger partial charge in [-0.3, -0.25) is 4.90 Å². The predicted molar refractivity (Wildman–Crippen MR) is 81.0 cm³/mol. The van der Waals surface area contributed by atoms with Crippen LogP contribution in [-0.4, -0.2) is 42.1 Å². The summed E-state index contributed by atoms with van der Waals surface area (Å²) in [6.07, 6.45) is 2.88. The largest absolute Gasteiger partial charge is 0.464 e. The average molecular weight is 302 g/mol. The van der Waals surface area contributed by atoms with Gasteiger partial charge in [0, 0.05) is 31.9 Å². The summed E-state index contributed by atoms with van der Waals surface area (Å²) in [6.45, 7) is 7.24. The molecule has 0 saturated carbocycles. The van der Waals surface area contributed by atoms with Crippen LogP contribution in [0.25, 0.3) is 0 Å². The van der Waals surface area contributed by atoms with E-state index in [0.29, 0.717) is 5.69 Å². The van der Waals surface area contributed by atoms with E-state index in [1.807, 2.05) is 12.3 Å². The molecule has 2 heterocycles. The number of ether oxygens (including phenoxy) is 1. The summed E-state index contributed by atoms with van der Waals surface area (Å²) in [5.74, 6) is -0.327. The van der Waals surface area contributed by atoms with Crippen molar-refractivity contribution in [2.75, 3.05) is 20.2 Å². The van der Waals surface area contributed by atoms with Gasteiger partial charge in [-0.15, -0.1) is 12.4 Å². The maximum atomic E-state index is 11.4. The molecular formula is C14H24ClN3O2. The number of nitrogens with zero attached hydrogens (tertiary/aromatic N) is 1. The average Bonchev–Trinajstić information content (AvgIpc) is 2.81.